The molecular formula is C16H11F6NO. The van der Waals surface area contributed by atoms with Gasteiger partial charge in [-0.15, -0.1) is 13.2 Å². The summed E-state index contributed by atoms with van der Waals surface area (Å²) in [5.74, 6) is -0.354. The zero-order valence-corrected chi connectivity index (χ0v) is 12.0. The molecule has 0 aromatic heterocycles. The van der Waals surface area contributed by atoms with Gasteiger partial charge in [0.25, 0.3) is 0 Å². The maximum absolute atomic E-state index is 12.8. The molecule has 1 aliphatic rings. The standard InChI is InChI=1S/C16H11F6NO/c17-15(18,19)11-3-1-2-9(6-11)14-8-10-7-12(24-16(20,21)22)4-5-13(10)23-14/h1-7,14,23H,8H2. The van der Waals surface area contributed by atoms with Crippen molar-refractivity contribution in [3.05, 3.63) is 59.2 Å². The van der Waals surface area contributed by atoms with E-state index < -0.39 is 24.1 Å². The summed E-state index contributed by atoms with van der Waals surface area (Å²) in [7, 11) is 0. The number of hydrogen-bond acceptors (Lipinski definition) is 2. The summed E-state index contributed by atoms with van der Waals surface area (Å²) in [4.78, 5) is 0. The predicted molar refractivity (Wildman–Crippen MR) is 74.6 cm³/mol. The Balaban J connectivity index is 1.82. The first kappa shape index (κ1) is 16.5. The highest BCUT2D eigenvalue weighted by Gasteiger charge is 2.33. The number of ether oxygens (including phenoxy) is 1. The molecule has 0 saturated heterocycles. The number of halogens is 6. The SMILES string of the molecule is FC(F)(F)Oc1ccc2c(c1)CC(c1cccc(C(F)(F)F)c1)N2. The molecule has 2 nitrogen and oxygen atoms in total. The van der Waals surface area contributed by atoms with E-state index in [4.69, 9.17) is 0 Å². The smallest absolute Gasteiger partial charge is 0.406 e. The van der Waals surface area contributed by atoms with Crippen LogP contribution in [-0.4, -0.2) is 6.36 Å². The molecule has 3 rings (SSSR count). The minimum absolute atomic E-state index is 0.270. The van der Waals surface area contributed by atoms with Crippen molar-refractivity contribution in [2.24, 2.45) is 0 Å². The van der Waals surface area contributed by atoms with Crippen LogP contribution in [0.15, 0.2) is 42.5 Å². The van der Waals surface area contributed by atoms with Crippen molar-refractivity contribution >= 4 is 5.69 Å². The first-order chi connectivity index (χ1) is 11.1. The minimum Gasteiger partial charge on any atom is -0.406 e. The normalized spacial score (nSPS) is 17.3. The van der Waals surface area contributed by atoms with Crippen LogP contribution < -0.4 is 10.1 Å². The molecule has 1 atom stereocenters. The number of hydrogen-bond donors (Lipinski definition) is 1. The summed E-state index contributed by atoms with van der Waals surface area (Å²) < 4.78 is 78.9. The number of anilines is 1. The largest absolute Gasteiger partial charge is 0.573 e. The Labute approximate surface area is 133 Å². The molecule has 0 spiro atoms. The first-order valence-corrected chi connectivity index (χ1v) is 6.94. The maximum Gasteiger partial charge on any atom is 0.573 e. The third-order valence-electron chi connectivity index (χ3n) is 3.68. The summed E-state index contributed by atoms with van der Waals surface area (Å²) in [5, 5.41) is 3.02. The fourth-order valence-corrected chi connectivity index (χ4v) is 2.67. The van der Waals surface area contributed by atoms with E-state index in [1.54, 1.807) is 6.07 Å². The van der Waals surface area contributed by atoms with Crippen LogP contribution in [0.5, 0.6) is 5.75 Å². The molecule has 2 aromatic rings. The minimum atomic E-state index is -4.79. The molecule has 1 aliphatic heterocycles. The maximum atomic E-state index is 12.8. The molecule has 24 heavy (non-hydrogen) atoms. The van der Waals surface area contributed by atoms with Gasteiger partial charge in [-0.1, -0.05) is 12.1 Å². The van der Waals surface area contributed by atoms with Crippen molar-refractivity contribution < 1.29 is 31.1 Å². The van der Waals surface area contributed by atoms with E-state index in [1.807, 2.05) is 0 Å². The van der Waals surface area contributed by atoms with Crippen LogP contribution in [0, 0.1) is 0 Å². The monoisotopic (exact) mass is 347 g/mol. The van der Waals surface area contributed by atoms with E-state index in [1.165, 1.54) is 18.2 Å². The molecule has 2 aromatic carbocycles. The number of fused-ring (bicyclic) bond motifs is 1. The Morgan fingerprint density at radius 3 is 2.38 bits per heavy atom. The summed E-state index contributed by atoms with van der Waals surface area (Å²) in [5.41, 5.74) is 0.782. The van der Waals surface area contributed by atoms with Crippen LogP contribution >= 0.6 is 0 Å². The van der Waals surface area contributed by atoms with E-state index in [2.05, 4.69) is 10.1 Å². The van der Waals surface area contributed by atoms with Gasteiger partial charge in [0, 0.05) is 5.69 Å². The average molecular weight is 347 g/mol. The van der Waals surface area contributed by atoms with Gasteiger partial charge in [0.2, 0.25) is 0 Å². The lowest BCUT2D eigenvalue weighted by Crippen LogP contribution is -2.17. The summed E-state index contributed by atoms with van der Waals surface area (Å²) in [6.07, 6.45) is -8.97. The number of alkyl halides is 6. The van der Waals surface area contributed by atoms with Crippen molar-refractivity contribution in [3.63, 3.8) is 0 Å². The van der Waals surface area contributed by atoms with E-state index in [0.717, 1.165) is 18.2 Å². The van der Waals surface area contributed by atoms with Gasteiger partial charge in [-0.2, -0.15) is 13.2 Å². The van der Waals surface area contributed by atoms with Gasteiger partial charge in [-0.3, -0.25) is 0 Å². The molecule has 0 saturated carbocycles. The predicted octanol–water partition coefficient (Wildman–Crippen LogP) is 5.31. The zero-order valence-electron chi connectivity index (χ0n) is 12.0. The highest BCUT2D eigenvalue weighted by molar-refractivity contribution is 5.60. The van der Waals surface area contributed by atoms with Crippen LogP contribution in [0.3, 0.4) is 0 Å². The lowest BCUT2D eigenvalue weighted by atomic mass is 10.0. The summed E-state index contributed by atoms with van der Waals surface area (Å²) in [6, 6.07) is 8.25. The highest BCUT2D eigenvalue weighted by Crippen LogP contribution is 2.38. The second-order valence-corrected chi connectivity index (χ2v) is 5.39. The van der Waals surface area contributed by atoms with Crippen molar-refractivity contribution in [2.75, 3.05) is 5.32 Å². The molecule has 0 amide bonds. The third kappa shape index (κ3) is 3.58. The van der Waals surface area contributed by atoms with Crippen molar-refractivity contribution in [1.82, 2.24) is 0 Å². The van der Waals surface area contributed by atoms with E-state index in [-0.39, 0.29) is 12.2 Å². The van der Waals surface area contributed by atoms with Crippen molar-refractivity contribution in [3.8, 4) is 5.75 Å². The molecule has 1 unspecified atom stereocenters. The third-order valence-corrected chi connectivity index (χ3v) is 3.68. The van der Waals surface area contributed by atoms with Gasteiger partial charge in [0.1, 0.15) is 5.75 Å². The molecule has 1 heterocycles. The van der Waals surface area contributed by atoms with Gasteiger partial charge in [-0.25, -0.2) is 0 Å². The summed E-state index contributed by atoms with van der Waals surface area (Å²) >= 11 is 0. The quantitative estimate of drug-likeness (QED) is 0.743. The zero-order chi connectivity index (χ0) is 17.5. The van der Waals surface area contributed by atoms with Gasteiger partial charge < -0.3 is 10.1 Å². The summed E-state index contributed by atoms with van der Waals surface area (Å²) in [6.45, 7) is 0. The number of benzene rings is 2. The second-order valence-electron chi connectivity index (χ2n) is 5.39. The van der Waals surface area contributed by atoms with Crippen molar-refractivity contribution in [2.45, 2.75) is 25.0 Å². The molecule has 0 radical (unpaired) electrons. The Bertz CT molecular complexity index is 753. The number of nitrogens with one attached hydrogen (secondary N) is 1. The fourth-order valence-electron chi connectivity index (χ4n) is 2.67. The Morgan fingerprint density at radius 1 is 0.958 bits per heavy atom. The lowest BCUT2D eigenvalue weighted by molar-refractivity contribution is -0.274. The molecule has 128 valence electrons. The lowest BCUT2D eigenvalue weighted by Gasteiger charge is -2.14. The Hall–Kier alpha value is -2.38. The second kappa shape index (κ2) is 5.61. The van der Waals surface area contributed by atoms with Crippen LogP contribution in [0.2, 0.25) is 0 Å². The van der Waals surface area contributed by atoms with Crippen LogP contribution in [0.25, 0.3) is 0 Å². The van der Waals surface area contributed by atoms with Crippen molar-refractivity contribution in [1.29, 1.82) is 0 Å². The fraction of sp³-hybridized carbons (Fsp3) is 0.250. The molecule has 0 bridgehead atoms. The molecular weight excluding hydrogens is 336 g/mol. The Kier molecular flexibility index (Phi) is 3.85. The van der Waals surface area contributed by atoms with Gasteiger partial charge in [0.15, 0.2) is 0 Å². The van der Waals surface area contributed by atoms with E-state index in [0.29, 0.717) is 16.8 Å². The van der Waals surface area contributed by atoms with Crippen LogP contribution in [0.1, 0.15) is 22.7 Å². The Morgan fingerprint density at radius 2 is 1.71 bits per heavy atom. The van der Waals surface area contributed by atoms with E-state index >= 15 is 0 Å². The van der Waals surface area contributed by atoms with Gasteiger partial charge >= 0.3 is 12.5 Å². The van der Waals surface area contributed by atoms with Gasteiger partial charge in [-0.05, 0) is 47.9 Å². The van der Waals surface area contributed by atoms with E-state index in [9.17, 15) is 26.3 Å². The van der Waals surface area contributed by atoms with Gasteiger partial charge in [0.05, 0.1) is 11.6 Å². The van der Waals surface area contributed by atoms with Crippen LogP contribution in [-0.2, 0) is 12.6 Å². The number of rotatable bonds is 2. The molecule has 8 heteroatoms. The highest BCUT2D eigenvalue weighted by atomic mass is 19.4. The van der Waals surface area contributed by atoms with Crippen LogP contribution in [0.4, 0.5) is 32.0 Å². The average Bonchev–Trinajstić information content (AvgIpc) is 2.88. The topological polar surface area (TPSA) is 21.3 Å². The first-order valence-electron chi connectivity index (χ1n) is 6.94. The molecule has 0 aliphatic carbocycles. The molecule has 1 N–H and O–H groups in total. The molecule has 0 fully saturated rings.